The van der Waals surface area contributed by atoms with Gasteiger partial charge in [0.2, 0.25) is 0 Å². The second kappa shape index (κ2) is 5.04. The highest BCUT2D eigenvalue weighted by Gasteiger charge is 2.58. The lowest BCUT2D eigenvalue weighted by Crippen LogP contribution is -2.48. The molecule has 0 aromatic rings. The van der Waals surface area contributed by atoms with Gasteiger partial charge in [0, 0.05) is 18.3 Å². The summed E-state index contributed by atoms with van der Waals surface area (Å²) in [5.41, 5.74) is 2.33. The standard InChI is InChI=1S/C21H28O3/c1-13-11-18-17-4-3-14-12-21(23-9-10-24-21)8-6-15(14)16(17)5-7-20(18,2)19(13)22/h3,15-18H,1,4-12H2,2H3/t15-,16+,17+,18-,20-/m0/s1. The van der Waals surface area contributed by atoms with Crippen molar-refractivity contribution in [1.29, 1.82) is 0 Å². The number of fused-ring (bicyclic) bond motifs is 5. The Labute approximate surface area is 144 Å². The summed E-state index contributed by atoms with van der Waals surface area (Å²) in [6.45, 7) is 7.78. The number of ketones is 1. The van der Waals surface area contributed by atoms with Crippen LogP contribution in [0.3, 0.4) is 0 Å². The first kappa shape index (κ1) is 15.3. The summed E-state index contributed by atoms with van der Waals surface area (Å²) in [6, 6.07) is 0. The van der Waals surface area contributed by atoms with Gasteiger partial charge in [-0.2, -0.15) is 0 Å². The Morgan fingerprint density at radius 1 is 1.17 bits per heavy atom. The van der Waals surface area contributed by atoms with E-state index in [4.69, 9.17) is 9.47 Å². The molecule has 1 spiro atoms. The van der Waals surface area contributed by atoms with Crippen molar-refractivity contribution in [2.75, 3.05) is 13.2 Å². The van der Waals surface area contributed by atoms with Crippen LogP contribution in [-0.2, 0) is 14.3 Å². The number of Topliss-reactive ketones (excluding diaryl/α,β-unsaturated/α-hetero) is 1. The van der Waals surface area contributed by atoms with Crippen molar-refractivity contribution >= 4 is 5.78 Å². The largest absolute Gasteiger partial charge is 0.347 e. The molecular formula is C21H28O3. The lowest BCUT2D eigenvalue weighted by atomic mass is 9.53. The van der Waals surface area contributed by atoms with E-state index in [1.54, 1.807) is 5.57 Å². The average Bonchev–Trinajstić information content (AvgIpc) is 3.12. The predicted octanol–water partition coefficient (Wildman–Crippen LogP) is 4.04. The zero-order valence-electron chi connectivity index (χ0n) is 14.7. The molecule has 0 aromatic heterocycles. The molecule has 3 heteroatoms. The molecule has 0 bridgehead atoms. The molecular weight excluding hydrogens is 300 g/mol. The van der Waals surface area contributed by atoms with Crippen molar-refractivity contribution in [3.63, 3.8) is 0 Å². The minimum absolute atomic E-state index is 0.128. The molecule has 5 atom stereocenters. The topological polar surface area (TPSA) is 35.5 Å². The molecule has 0 aromatic carbocycles. The molecule has 0 N–H and O–H groups in total. The summed E-state index contributed by atoms with van der Waals surface area (Å²) in [7, 11) is 0. The van der Waals surface area contributed by atoms with Crippen LogP contribution in [0, 0.1) is 29.1 Å². The molecule has 0 amide bonds. The van der Waals surface area contributed by atoms with Crippen molar-refractivity contribution in [2.24, 2.45) is 29.1 Å². The maximum absolute atomic E-state index is 12.6. The van der Waals surface area contributed by atoms with Crippen molar-refractivity contribution in [3.05, 3.63) is 23.8 Å². The zero-order chi connectivity index (χ0) is 16.5. The average molecular weight is 328 g/mol. The maximum atomic E-state index is 12.6. The van der Waals surface area contributed by atoms with Gasteiger partial charge in [0.25, 0.3) is 0 Å². The summed E-state index contributed by atoms with van der Waals surface area (Å²) in [4.78, 5) is 12.6. The Kier molecular flexibility index (Phi) is 3.22. The van der Waals surface area contributed by atoms with E-state index in [0.717, 1.165) is 56.8 Å². The van der Waals surface area contributed by atoms with Crippen molar-refractivity contribution in [2.45, 2.75) is 57.7 Å². The molecule has 3 saturated carbocycles. The first-order valence-electron chi connectivity index (χ1n) is 9.72. The molecule has 3 nitrogen and oxygen atoms in total. The highest BCUT2D eigenvalue weighted by Crippen LogP contribution is 2.61. The maximum Gasteiger partial charge on any atom is 0.172 e. The molecule has 1 aliphatic heterocycles. The molecule has 24 heavy (non-hydrogen) atoms. The summed E-state index contributed by atoms with van der Waals surface area (Å²) in [5, 5.41) is 0. The smallest absolute Gasteiger partial charge is 0.172 e. The Morgan fingerprint density at radius 3 is 2.75 bits per heavy atom. The van der Waals surface area contributed by atoms with Gasteiger partial charge in [-0.05, 0) is 61.3 Å². The van der Waals surface area contributed by atoms with Crippen LogP contribution in [0.4, 0.5) is 0 Å². The van der Waals surface area contributed by atoms with Crippen LogP contribution < -0.4 is 0 Å². The molecule has 1 heterocycles. The minimum Gasteiger partial charge on any atom is -0.347 e. The summed E-state index contributed by atoms with van der Waals surface area (Å²) < 4.78 is 11.9. The zero-order valence-corrected chi connectivity index (χ0v) is 14.7. The van der Waals surface area contributed by atoms with E-state index in [9.17, 15) is 4.79 Å². The highest BCUT2D eigenvalue weighted by atomic mass is 16.7. The Bertz CT molecular complexity index is 627. The van der Waals surface area contributed by atoms with Gasteiger partial charge in [-0.15, -0.1) is 0 Å². The molecule has 4 aliphatic carbocycles. The third-order valence-electron chi connectivity index (χ3n) is 7.96. The lowest BCUT2D eigenvalue weighted by Gasteiger charge is -2.52. The minimum atomic E-state index is -0.310. The fraction of sp³-hybridized carbons (Fsp3) is 0.762. The lowest BCUT2D eigenvalue weighted by molar-refractivity contribution is -0.176. The third kappa shape index (κ3) is 1.94. The van der Waals surface area contributed by atoms with Gasteiger partial charge in [0.1, 0.15) is 0 Å². The Hall–Kier alpha value is -0.930. The summed E-state index contributed by atoms with van der Waals surface area (Å²) in [5.74, 6) is 2.67. The number of ether oxygens (including phenoxy) is 2. The fourth-order valence-electron chi connectivity index (χ4n) is 6.73. The Balaban J connectivity index is 1.43. The summed E-state index contributed by atoms with van der Waals surface area (Å²) >= 11 is 0. The number of carbonyl (C=O) groups is 1. The first-order valence-corrected chi connectivity index (χ1v) is 9.72. The van der Waals surface area contributed by atoms with Gasteiger partial charge in [0.05, 0.1) is 13.2 Å². The predicted molar refractivity (Wildman–Crippen MR) is 91.3 cm³/mol. The van der Waals surface area contributed by atoms with Crippen LogP contribution in [0.25, 0.3) is 0 Å². The summed E-state index contributed by atoms with van der Waals surface area (Å²) in [6.07, 6.45) is 9.99. The van der Waals surface area contributed by atoms with Crippen LogP contribution >= 0.6 is 0 Å². The number of rotatable bonds is 0. The molecule has 5 rings (SSSR count). The number of hydrogen-bond acceptors (Lipinski definition) is 3. The SMILES string of the molecule is C=C1C[C@H]2[C@@H]3CC=C4CC5(CC[C@@H]4[C@H]3CC[C@]2(C)C1=O)OCCO5. The molecule has 0 unspecified atom stereocenters. The van der Waals surface area contributed by atoms with Crippen LogP contribution in [-0.4, -0.2) is 24.8 Å². The van der Waals surface area contributed by atoms with Crippen LogP contribution in [0.15, 0.2) is 23.8 Å². The van der Waals surface area contributed by atoms with E-state index < -0.39 is 0 Å². The second-order valence-corrected chi connectivity index (χ2v) is 8.97. The fourth-order valence-corrected chi connectivity index (χ4v) is 6.73. The van der Waals surface area contributed by atoms with Gasteiger partial charge in [-0.3, -0.25) is 4.79 Å². The van der Waals surface area contributed by atoms with Crippen LogP contribution in [0.2, 0.25) is 0 Å². The van der Waals surface area contributed by atoms with E-state index in [-0.39, 0.29) is 11.2 Å². The van der Waals surface area contributed by atoms with Crippen molar-refractivity contribution in [3.8, 4) is 0 Å². The van der Waals surface area contributed by atoms with Crippen LogP contribution in [0.1, 0.15) is 51.9 Å². The molecule has 5 aliphatic rings. The van der Waals surface area contributed by atoms with Crippen molar-refractivity contribution < 1.29 is 14.3 Å². The highest BCUT2D eigenvalue weighted by molar-refractivity contribution is 6.02. The molecule has 130 valence electrons. The van der Waals surface area contributed by atoms with E-state index >= 15 is 0 Å². The number of hydrogen-bond donors (Lipinski definition) is 0. The van der Waals surface area contributed by atoms with Crippen molar-refractivity contribution in [1.82, 2.24) is 0 Å². The van der Waals surface area contributed by atoms with E-state index in [2.05, 4.69) is 19.6 Å². The molecule has 0 radical (unpaired) electrons. The first-order chi connectivity index (χ1) is 11.5. The second-order valence-electron chi connectivity index (χ2n) is 8.97. The quantitative estimate of drug-likeness (QED) is 0.497. The van der Waals surface area contributed by atoms with E-state index in [1.165, 1.54) is 12.8 Å². The molecule has 4 fully saturated rings. The van der Waals surface area contributed by atoms with Gasteiger partial charge >= 0.3 is 0 Å². The number of carbonyl (C=O) groups excluding carboxylic acids is 1. The van der Waals surface area contributed by atoms with Crippen LogP contribution in [0.5, 0.6) is 0 Å². The van der Waals surface area contributed by atoms with E-state index in [1.807, 2.05) is 0 Å². The van der Waals surface area contributed by atoms with Gasteiger partial charge in [-0.1, -0.05) is 25.2 Å². The molecule has 1 saturated heterocycles. The van der Waals surface area contributed by atoms with Gasteiger partial charge in [-0.25, -0.2) is 0 Å². The van der Waals surface area contributed by atoms with Gasteiger partial charge in [0.15, 0.2) is 11.6 Å². The normalized spacial score (nSPS) is 46.5. The monoisotopic (exact) mass is 328 g/mol. The Morgan fingerprint density at radius 2 is 1.96 bits per heavy atom. The van der Waals surface area contributed by atoms with E-state index in [0.29, 0.717) is 23.5 Å². The number of allylic oxidation sites excluding steroid dienone is 2. The third-order valence-corrected chi connectivity index (χ3v) is 7.96. The van der Waals surface area contributed by atoms with Gasteiger partial charge < -0.3 is 9.47 Å².